The Morgan fingerprint density at radius 2 is 1.89 bits per heavy atom. The van der Waals surface area contributed by atoms with E-state index in [1.807, 2.05) is 0 Å². The Hall–Kier alpha value is -1.75. The zero-order chi connectivity index (χ0) is 19.7. The van der Waals surface area contributed by atoms with Gasteiger partial charge in [0.15, 0.2) is 9.84 Å². The third-order valence-corrected chi connectivity index (χ3v) is 8.79. The van der Waals surface area contributed by atoms with Crippen molar-refractivity contribution in [3.8, 4) is 0 Å². The van der Waals surface area contributed by atoms with Crippen LogP contribution in [0.2, 0.25) is 0 Å². The standard InChI is InChI=1S/C17H20N2O5S3/c1-26(21,22)14-8-6-13(7-9-14)12-18-17(20)15-4-2-10-19(15)27(23,24)16-5-3-11-25-16/h3,5-9,11,15H,2,4,10,12H2,1H3,(H,18,20)/t15-/m1/s1. The van der Waals surface area contributed by atoms with Crippen LogP contribution in [-0.4, -0.2) is 45.9 Å². The van der Waals surface area contributed by atoms with Crippen molar-refractivity contribution in [1.29, 1.82) is 0 Å². The second-order valence-electron chi connectivity index (χ2n) is 6.34. The summed E-state index contributed by atoms with van der Waals surface area (Å²) in [4.78, 5) is 12.8. The highest BCUT2D eigenvalue weighted by Crippen LogP contribution is 2.28. The van der Waals surface area contributed by atoms with Crippen LogP contribution in [0.1, 0.15) is 18.4 Å². The van der Waals surface area contributed by atoms with Crippen molar-refractivity contribution in [2.75, 3.05) is 12.8 Å². The van der Waals surface area contributed by atoms with E-state index in [-0.39, 0.29) is 21.6 Å². The summed E-state index contributed by atoms with van der Waals surface area (Å²) in [5.74, 6) is -0.347. The van der Waals surface area contributed by atoms with Gasteiger partial charge in [-0.15, -0.1) is 11.3 Å². The zero-order valence-corrected chi connectivity index (χ0v) is 17.1. The highest BCUT2D eigenvalue weighted by atomic mass is 32.2. The van der Waals surface area contributed by atoms with Gasteiger partial charge in [-0.2, -0.15) is 4.31 Å². The van der Waals surface area contributed by atoms with Crippen molar-refractivity contribution >= 4 is 37.1 Å². The van der Waals surface area contributed by atoms with E-state index in [1.165, 1.54) is 22.5 Å². The van der Waals surface area contributed by atoms with Gasteiger partial charge >= 0.3 is 0 Å². The molecule has 10 heteroatoms. The molecule has 0 unspecified atom stereocenters. The van der Waals surface area contributed by atoms with E-state index in [1.54, 1.807) is 23.6 Å². The van der Waals surface area contributed by atoms with E-state index in [2.05, 4.69) is 5.32 Å². The fourth-order valence-corrected chi connectivity index (χ4v) is 6.38. The average molecular weight is 429 g/mol. The number of amides is 1. The lowest BCUT2D eigenvalue weighted by Crippen LogP contribution is -2.45. The molecule has 1 aliphatic rings. The SMILES string of the molecule is CS(=O)(=O)c1ccc(CNC(=O)[C@H]2CCCN2S(=O)(=O)c2cccs2)cc1. The topological polar surface area (TPSA) is 101 Å². The normalized spacial score (nSPS) is 18.5. The Kier molecular flexibility index (Phi) is 5.71. The van der Waals surface area contributed by atoms with Crippen LogP contribution in [0.3, 0.4) is 0 Å². The van der Waals surface area contributed by atoms with Gasteiger partial charge in [0.25, 0.3) is 10.0 Å². The number of carbonyl (C=O) groups is 1. The van der Waals surface area contributed by atoms with E-state index in [4.69, 9.17) is 0 Å². The molecular weight excluding hydrogens is 408 g/mol. The van der Waals surface area contributed by atoms with Crippen LogP contribution in [0.4, 0.5) is 0 Å². The fourth-order valence-electron chi connectivity index (χ4n) is 2.98. The minimum Gasteiger partial charge on any atom is -0.351 e. The Morgan fingerprint density at radius 3 is 2.48 bits per heavy atom. The maximum absolute atomic E-state index is 12.7. The van der Waals surface area contributed by atoms with Gasteiger partial charge in [-0.05, 0) is 42.0 Å². The van der Waals surface area contributed by atoms with Crippen LogP contribution in [0.5, 0.6) is 0 Å². The molecule has 1 fully saturated rings. The van der Waals surface area contributed by atoms with Crippen molar-refractivity contribution in [3.63, 3.8) is 0 Å². The summed E-state index contributed by atoms with van der Waals surface area (Å²) in [5, 5.41) is 4.45. The van der Waals surface area contributed by atoms with Crippen molar-refractivity contribution in [2.45, 2.75) is 34.5 Å². The fraction of sp³-hybridized carbons (Fsp3) is 0.353. The van der Waals surface area contributed by atoms with Crippen LogP contribution in [0.15, 0.2) is 50.9 Å². The summed E-state index contributed by atoms with van der Waals surface area (Å²) < 4.78 is 49.9. The molecule has 27 heavy (non-hydrogen) atoms. The van der Waals surface area contributed by atoms with Crippen LogP contribution >= 0.6 is 11.3 Å². The van der Waals surface area contributed by atoms with Crippen molar-refractivity contribution in [3.05, 3.63) is 47.3 Å². The summed E-state index contributed by atoms with van der Waals surface area (Å²) >= 11 is 1.13. The van der Waals surface area contributed by atoms with Gasteiger partial charge in [-0.25, -0.2) is 16.8 Å². The van der Waals surface area contributed by atoms with Crippen LogP contribution < -0.4 is 5.32 Å². The quantitative estimate of drug-likeness (QED) is 0.754. The molecule has 1 amide bonds. The number of nitrogens with one attached hydrogen (secondary N) is 1. The molecule has 1 aromatic carbocycles. The predicted molar refractivity (Wildman–Crippen MR) is 103 cm³/mol. The lowest BCUT2D eigenvalue weighted by molar-refractivity contribution is -0.124. The van der Waals surface area contributed by atoms with E-state index in [0.717, 1.165) is 23.2 Å². The van der Waals surface area contributed by atoms with Gasteiger partial charge < -0.3 is 5.32 Å². The maximum Gasteiger partial charge on any atom is 0.253 e. The number of thiophene rings is 1. The van der Waals surface area contributed by atoms with Crippen molar-refractivity contribution in [2.24, 2.45) is 0 Å². The Labute approximate surface area is 163 Å². The third-order valence-electron chi connectivity index (χ3n) is 4.38. The van der Waals surface area contributed by atoms with Gasteiger partial charge in [-0.1, -0.05) is 18.2 Å². The molecule has 0 spiro atoms. The summed E-state index contributed by atoms with van der Waals surface area (Å²) in [7, 11) is -6.94. The lowest BCUT2D eigenvalue weighted by atomic mass is 10.2. The molecule has 0 saturated carbocycles. The average Bonchev–Trinajstić information content (AvgIpc) is 3.31. The molecular formula is C17H20N2O5S3. The lowest BCUT2D eigenvalue weighted by Gasteiger charge is -2.22. The second-order valence-corrected chi connectivity index (χ2v) is 11.4. The molecule has 1 N–H and O–H groups in total. The first kappa shape index (κ1) is 20.0. The molecule has 1 atom stereocenters. The zero-order valence-electron chi connectivity index (χ0n) is 14.7. The van der Waals surface area contributed by atoms with Gasteiger partial charge in [0.1, 0.15) is 10.3 Å². The molecule has 1 aliphatic heterocycles. The molecule has 0 aliphatic carbocycles. The molecule has 3 rings (SSSR count). The number of carbonyl (C=O) groups excluding carboxylic acids is 1. The molecule has 7 nitrogen and oxygen atoms in total. The number of benzene rings is 1. The highest BCUT2D eigenvalue weighted by molar-refractivity contribution is 7.91. The minimum absolute atomic E-state index is 0.201. The van der Waals surface area contributed by atoms with E-state index < -0.39 is 25.9 Å². The molecule has 0 bridgehead atoms. The minimum atomic E-state index is -3.67. The predicted octanol–water partition coefficient (Wildman–Crippen LogP) is 1.62. The number of nitrogens with zero attached hydrogens (tertiary/aromatic N) is 1. The van der Waals surface area contributed by atoms with Gasteiger partial charge in [-0.3, -0.25) is 4.79 Å². The Morgan fingerprint density at radius 1 is 1.19 bits per heavy atom. The first-order chi connectivity index (χ1) is 12.7. The Balaban J connectivity index is 1.67. The molecule has 146 valence electrons. The number of rotatable bonds is 6. The monoisotopic (exact) mass is 428 g/mol. The van der Waals surface area contributed by atoms with E-state index >= 15 is 0 Å². The second kappa shape index (κ2) is 7.70. The summed E-state index contributed by atoms with van der Waals surface area (Å²) in [6.45, 7) is 0.521. The van der Waals surface area contributed by atoms with E-state index in [0.29, 0.717) is 19.4 Å². The molecule has 1 saturated heterocycles. The van der Waals surface area contributed by atoms with Crippen molar-refractivity contribution in [1.82, 2.24) is 9.62 Å². The Bertz CT molecular complexity index is 1010. The van der Waals surface area contributed by atoms with Gasteiger partial charge in [0.05, 0.1) is 4.90 Å². The number of sulfone groups is 1. The summed E-state index contributed by atoms with van der Waals surface area (Å²) in [6.07, 6.45) is 2.24. The van der Waals surface area contributed by atoms with Crippen LogP contribution in [0, 0.1) is 0 Å². The van der Waals surface area contributed by atoms with Crippen molar-refractivity contribution < 1.29 is 21.6 Å². The van der Waals surface area contributed by atoms with Gasteiger partial charge in [0, 0.05) is 19.3 Å². The van der Waals surface area contributed by atoms with Gasteiger partial charge in [0.2, 0.25) is 5.91 Å². The largest absolute Gasteiger partial charge is 0.351 e. The van der Waals surface area contributed by atoms with Crippen LogP contribution in [-0.2, 0) is 31.2 Å². The maximum atomic E-state index is 12.7. The number of sulfonamides is 1. The smallest absolute Gasteiger partial charge is 0.253 e. The summed E-state index contributed by atoms with van der Waals surface area (Å²) in [6, 6.07) is 8.71. The third kappa shape index (κ3) is 4.40. The molecule has 0 radical (unpaired) electrons. The number of hydrogen-bond donors (Lipinski definition) is 1. The summed E-state index contributed by atoms with van der Waals surface area (Å²) in [5.41, 5.74) is 0.737. The molecule has 2 heterocycles. The molecule has 1 aromatic heterocycles. The first-order valence-electron chi connectivity index (χ1n) is 8.31. The van der Waals surface area contributed by atoms with E-state index in [9.17, 15) is 21.6 Å². The first-order valence-corrected chi connectivity index (χ1v) is 12.5. The highest BCUT2D eigenvalue weighted by Gasteiger charge is 2.39. The molecule has 2 aromatic rings. The number of hydrogen-bond acceptors (Lipinski definition) is 6. The van der Waals surface area contributed by atoms with Crippen LogP contribution in [0.25, 0.3) is 0 Å².